The van der Waals surface area contributed by atoms with Crippen LogP contribution in [0.1, 0.15) is 22.7 Å². The summed E-state index contributed by atoms with van der Waals surface area (Å²) in [5.74, 6) is 0.605. The monoisotopic (exact) mass is 368 g/mol. The summed E-state index contributed by atoms with van der Waals surface area (Å²) in [4.78, 5) is 14.8. The van der Waals surface area contributed by atoms with Gasteiger partial charge in [-0.05, 0) is 42.7 Å². The van der Waals surface area contributed by atoms with Gasteiger partial charge in [-0.25, -0.2) is 0 Å². The summed E-state index contributed by atoms with van der Waals surface area (Å²) in [6.45, 7) is 8.13. The maximum atomic E-state index is 12.5. The van der Waals surface area contributed by atoms with Crippen molar-refractivity contribution in [3.63, 3.8) is 0 Å². The van der Waals surface area contributed by atoms with E-state index in [9.17, 15) is 4.79 Å². The zero-order valence-corrected chi connectivity index (χ0v) is 16.1. The zero-order chi connectivity index (χ0) is 19.1. The fourth-order valence-electron chi connectivity index (χ4n) is 3.15. The Labute approximate surface area is 161 Å². The number of carbonyl (C=O) groups excluding carboxylic acids is 1. The summed E-state index contributed by atoms with van der Waals surface area (Å²) < 4.78 is 11.1. The molecule has 5 heteroatoms. The maximum absolute atomic E-state index is 12.5. The number of amides is 1. The van der Waals surface area contributed by atoms with Crippen LogP contribution in [0.5, 0.6) is 5.75 Å². The highest BCUT2D eigenvalue weighted by molar-refractivity contribution is 5.78. The number of hydrogen-bond acceptors (Lipinski definition) is 4. The number of nitrogens with one attached hydrogen (secondary N) is 1. The summed E-state index contributed by atoms with van der Waals surface area (Å²) >= 11 is 0. The second-order valence-corrected chi connectivity index (χ2v) is 6.98. The highest BCUT2D eigenvalue weighted by atomic mass is 16.5. The number of carbonyl (C=O) groups is 1. The Hall–Kier alpha value is -2.37. The third-order valence-corrected chi connectivity index (χ3v) is 4.93. The van der Waals surface area contributed by atoms with Crippen molar-refractivity contribution in [3.05, 3.63) is 65.2 Å². The molecular formula is C22H28N2O3. The molecule has 3 rings (SSSR count). The van der Waals surface area contributed by atoms with Crippen LogP contribution >= 0.6 is 0 Å². The number of rotatable bonds is 7. The van der Waals surface area contributed by atoms with Gasteiger partial charge in [-0.1, -0.05) is 36.4 Å². The molecule has 1 aliphatic rings. The molecule has 0 radical (unpaired) electrons. The SMILES string of the molecule is Cc1ccc(OCC(=O)NC(CN2CCOCC2)c2ccccc2)cc1C. The standard InChI is InChI=1S/C22H28N2O3/c1-17-8-9-20(14-18(17)2)27-16-22(25)23-21(19-6-4-3-5-7-19)15-24-10-12-26-13-11-24/h3-9,14,21H,10-13,15-16H2,1-2H3,(H,23,25). The lowest BCUT2D eigenvalue weighted by atomic mass is 10.1. The molecule has 1 aliphatic heterocycles. The quantitative estimate of drug-likeness (QED) is 0.817. The van der Waals surface area contributed by atoms with Crippen LogP contribution in [0.3, 0.4) is 0 Å². The Bertz CT molecular complexity index is 742. The predicted molar refractivity (Wildman–Crippen MR) is 106 cm³/mol. The van der Waals surface area contributed by atoms with E-state index in [1.165, 1.54) is 5.56 Å². The van der Waals surface area contributed by atoms with E-state index >= 15 is 0 Å². The van der Waals surface area contributed by atoms with Crippen molar-refractivity contribution in [3.8, 4) is 5.75 Å². The van der Waals surface area contributed by atoms with E-state index in [0.29, 0.717) is 0 Å². The van der Waals surface area contributed by atoms with Crippen molar-refractivity contribution in [2.75, 3.05) is 39.5 Å². The van der Waals surface area contributed by atoms with Crippen LogP contribution in [0.15, 0.2) is 48.5 Å². The number of aryl methyl sites for hydroxylation is 2. The first-order valence-electron chi connectivity index (χ1n) is 9.46. The first kappa shape index (κ1) is 19.4. The van der Waals surface area contributed by atoms with E-state index in [1.54, 1.807) is 0 Å². The lowest BCUT2D eigenvalue weighted by Gasteiger charge is -2.31. The van der Waals surface area contributed by atoms with Gasteiger partial charge in [0.1, 0.15) is 5.75 Å². The van der Waals surface area contributed by atoms with Crippen molar-refractivity contribution in [1.82, 2.24) is 10.2 Å². The third kappa shape index (κ3) is 5.81. The molecule has 27 heavy (non-hydrogen) atoms. The van der Waals surface area contributed by atoms with Crippen molar-refractivity contribution in [2.24, 2.45) is 0 Å². The van der Waals surface area contributed by atoms with Gasteiger partial charge in [-0.2, -0.15) is 0 Å². The molecule has 1 atom stereocenters. The van der Waals surface area contributed by atoms with Gasteiger partial charge in [0.25, 0.3) is 5.91 Å². The Morgan fingerprint density at radius 1 is 1.11 bits per heavy atom. The Morgan fingerprint density at radius 2 is 1.85 bits per heavy atom. The summed E-state index contributed by atoms with van der Waals surface area (Å²) in [5, 5.41) is 3.13. The smallest absolute Gasteiger partial charge is 0.258 e. The molecule has 5 nitrogen and oxygen atoms in total. The molecule has 1 amide bonds. The second kappa shape index (κ2) is 9.53. The average Bonchev–Trinajstić information content (AvgIpc) is 2.70. The van der Waals surface area contributed by atoms with E-state index in [1.807, 2.05) is 43.3 Å². The fraction of sp³-hybridized carbons (Fsp3) is 0.409. The van der Waals surface area contributed by atoms with Crippen LogP contribution in [0.25, 0.3) is 0 Å². The normalized spacial score (nSPS) is 15.9. The largest absolute Gasteiger partial charge is 0.484 e. The topological polar surface area (TPSA) is 50.8 Å². The lowest BCUT2D eigenvalue weighted by molar-refractivity contribution is -0.124. The Balaban J connectivity index is 1.60. The van der Waals surface area contributed by atoms with E-state index in [0.717, 1.165) is 49.7 Å². The van der Waals surface area contributed by atoms with E-state index in [2.05, 4.69) is 29.3 Å². The van der Waals surface area contributed by atoms with Crippen LogP contribution in [0.4, 0.5) is 0 Å². The van der Waals surface area contributed by atoms with Crippen molar-refractivity contribution in [1.29, 1.82) is 0 Å². The average molecular weight is 368 g/mol. The molecule has 1 N–H and O–H groups in total. The minimum atomic E-state index is -0.115. The van der Waals surface area contributed by atoms with Gasteiger partial charge < -0.3 is 14.8 Å². The third-order valence-electron chi connectivity index (χ3n) is 4.93. The van der Waals surface area contributed by atoms with Crippen LogP contribution in [0, 0.1) is 13.8 Å². The fourth-order valence-corrected chi connectivity index (χ4v) is 3.15. The zero-order valence-electron chi connectivity index (χ0n) is 16.1. The highest BCUT2D eigenvalue weighted by Crippen LogP contribution is 2.17. The van der Waals surface area contributed by atoms with Gasteiger partial charge in [0, 0.05) is 19.6 Å². The summed E-state index contributed by atoms with van der Waals surface area (Å²) in [5.41, 5.74) is 3.47. The van der Waals surface area contributed by atoms with E-state index < -0.39 is 0 Å². The molecule has 0 saturated carbocycles. The molecule has 0 aromatic heterocycles. The predicted octanol–water partition coefficient (Wildman–Crippen LogP) is 2.87. The van der Waals surface area contributed by atoms with Gasteiger partial charge in [0.2, 0.25) is 0 Å². The molecule has 1 fully saturated rings. The van der Waals surface area contributed by atoms with Crippen LogP contribution in [0.2, 0.25) is 0 Å². The number of nitrogens with zero attached hydrogens (tertiary/aromatic N) is 1. The molecule has 0 bridgehead atoms. The van der Waals surface area contributed by atoms with E-state index in [-0.39, 0.29) is 18.6 Å². The molecule has 2 aromatic carbocycles. The molecule has 1 unspecified atom stereocenters. The minimum Gasteiger partial charge on any atom is -0.484 e. The lowest BCUT2D eigenvalue weighted by Crippen LogP contribution is -2.44. The first-order chi connectivity index (χ1) is 13.1. The van der Waals surface area contributed by atoms with Crippen molar-refractivity contribution >= 4 is 5.91 Å². The van der Waals surface area contributed by atoms with Gasteiger partial charge in [-0.3, -0.25) is 9.69 Å². The number of morpholine rings is 1. The minimum absolute atomic E-state index is 0.00887. The summed E-state index contributed by atoms with van der Waals surface area (Å²) in [6, 6.07) is 15.9. The number of hydrogen-bond donors (Lipinski definition) is 1. The van der Waals surface area contributed by atoms with Gasteiger partial charge >= 0.3 is 0 Å². The van der Waals surface area contributed by atoms with Gasteiger partial charge in [0.05, 0.1) is 19.3 Å². The molecular weight excluding hydrogens is 340 g/mol. The molecule has 1 heterocycles. The van der Waals surface area contributed by atoms with Gasteiger partial charge in [-0.15, -0.1) is 0 Å². The second-order valence-electron chi connectivity index (χ2n) is 6.98. The molecule has 2 aromatic rings. The number of ether oxygens (including phenoxy) is 2. The molecule has 0 aliphatic carbocycles. The molecule has 144 valence electrons. The molecule has 1 saturated heterocycles. The molecule has 0 spiro atoms. The Kier molecular flexibility index (Phi) is 6.85. The summed E-state index contributed by atoms with van der Waals surface area (Å²) in [7, 11) is 0. The van der Waals surface area contributed by atoms with Gasteiger partial charge in [0.15, 0.2) is 6.61 Å². The van der Waals surface area contributed by atoms with Crippen molar-refractivity contribution in [2.45, 2.75) is 19.9 Å². The van der Waals surface area contributed by atoms with Crippen LogP contribution < -0.4 is 10.1 Å². The highest BCUT2D eigenvalue weighted by Gasteiger charge is 2.20. The van der Waals surface area contributed by atoms with E-state index in [4.69, 9.17) is 9.47 Å². The van der Waals surface area contributed by atoms with Crippen molar-refractivity contribution < 1.29 is 14.3 Å². The number of benzene rings is 2. The maximum Gasteiger partial charge on any atom is 0.258 e. The first-order valence-corrected chi connectivity index (χ1v) is 9.46. The summed E-state index contributed by atoms with van der Waals surface area (Å²) in [6.07, 6.45) is 0. The Morgan fingerprint density at radius 3 is 2.56 bits per heavy atom. The van der Waals surface area contributed by atoms with Crippen LogP contribution in [-0.4, -0.2) is 50.3 Å². The van der Waals surface area contributed by atoms with Crippen LogP contribution in [-0.2, 0) is 9.53 Å².